The highest BCUT2D eigenvalue weighted by Gasteiger charge is 2.29. The fraction of sp³-hybridized carbons (Fsp3) is 0.357. The van der Waals surface area contributed by atoms with E-state index in [-0.39, 0.29) is 24.5 Å². The minimum atomic E-state index is -4.46. The van der Waals surface area contributed by atoms with Crippen LogP contribution in [-0.4, -0.2) is 35.9 Å². The van der Waals surface area contributed by atoms with Crippen molar-refractivity contribution in [3.05, 3.63) is 41.5 Å². The molecule has 2 rings (SSSR count). The summed E-state index contributed by atoms with van der Waals surface area (Å²) in [5, 5.41) is 6.19. The quantitative estimate of drug-likeness (QED) is 0.827. The molecule has 1 amide bonds. The summed E-state index contributed by atoms with van der Waals surface area (Å²) in [6, 6.07) is 1.45. The predicted octanol–water partition coefficient (Wildman–Crippen LogP) is 2.09. The van der Waals surface area contributed by atoms with Crippen LogP contribution in [0.3, 0.4) is 0 Å². The average Bonchev–Trinajstić information content (AvgIpc) is 2.99. The van der Waals surface area contributed by atoms with E-state index in [1.165, 1.54) is 19.4 Å². The lowest BCUT2D eigenvalue weighted by Gasteiger charge is -2.13. The first-order valence-electron chi connectivity index (χ1n) is 6.73. The summed E-state index contributed by atoms with van der Waals surface area (Å²) in [6.45, 7) is -1.40. The molecule has 0 aromatic carbocycles. The van der Waals surface area contributed by atoms with E-state index in [0.29, 0.717) is 11.3 Å². The molecule has 7 nitrogen and oxygen atoms in total. The first-order valence-corrected chi connectivity index (χ1v) is 6.73. The largest absolute Gasteiger partial charge is 0.482 e. The van der Waals surface area contributed by atoms with Gasteiger partial charge in [0.15, 0.2) is 6.61 Å². The zero-order valence-corrected chi connectivity index (χ0v) is 12.6. The van der Waals surface area contributed by atoms with Gasteiger partial charge in [-0.3, -0.25) is 9.78 Å². The van der Waals surface area contributed by atoms with E-state index in [9.17, 15) is 18.0 Å². The topological polar surface area (TPSA) is 86.5 Å². The van der Waals surface area contributed by atoms with Crippen molar-refractivity contribution in [1.29, 1.82) is 0 Å². The second-order valence-electron chi connectivity index (χ2n) is 4.68. The molecule has 0 aliphatic rings. The number of alkyl halides is 3. The Morgan fingerprint density at radius 2 is 2.21 bits per heavy atom. The van der Waals surface area contributed by atoms with Crippen molar-refractivity contribution in [2.24, 2.45) is 0 Å². The Balaban J connectivity index is 2.01. The van der Waals surface area contributed by atoms with Crippen LogP contribution in [0.5, 0.6) is 5.75 Å². The molecule has 2 aromatic rings. The summed E-state index contributed by atoms with van der Waals surface area (Å²) in [6.07, 6.45) is -0.758. The Kier molecular flexibility index (Phi) is 5.74. The van der Waals surface area contributed by atoms with Crippen molar-refractivity contribution in [2.75, 3.05) is 13.7 Å². The third-order valence-corrected chi connectivity index (χ3v) is 2.87. The van der Waals surface area contributed by atoms with Gasteiger partial charge in [0.1, 0.15) is 23.3 Å². The first-order chi connectivity index (χ1) is 11.4. The highest BCUT2D eigenvalue weighted by molar-refractivity contribution is 5.94. The number of halogens is 3. The van der Waals surface area contributed by atoms with Crippen LogP contribution < -0.4 is 10.1 Å². The Morgan fingerprint density at radius 3 is 2.92 bits per heavy atom. The second-order valence-corrected chi connectivity index (χ2v) is 4.68. The molecule has 0 aliphatic carbocycles. The number of aromatic nitrogens is 2. The number of hydrogen-bond donors (Lipinski definition) is 1. The van der Waals surface area contributed by atoms with Gasteiger partial charge >= 0.3 is 6.18 Å². The molecule has 2 aromatic heterocycles. The van der Waals surface area contributed by atoms with E-state index in [1.807, 2.05) is 0 Å². The minimum Gasteiger partial charge on any atom is -0.482 e. The standard InChI is InChI=1S/C14H14F3N3O4/c1-22-7-11-10(6-24-20-11)13(21)19-4-9-2-3-18-5-12(9)23-8-14(15,16)17/h2-3,5-6H,4,7-8H2,1H3,(H,19,21). The Morgan fingerprint density at radius 1 is 1.42 bits per heavy atom. The van der Waals surface area contributed by atoms with Gasteiger partial charge in [-0.05, 0) is 6.07 Å². The van der Waals surface area contributed by atoms with Crippen LogP contribution in [0.25, 0.3) is 0 Å². The van der Waals surface area contributed by atoms with Crippen LogP contribution in [-0.2, 0) is 17.9 Å². The summed E-state index contributed by atoms with van der Waals surface area (Å²) in [5.41, 5.74) is 0.856. The monoisotopic (exact) mass is 345 g/mol. The first kappa shape index (κ1) is 17.7. The summed E-state index contributed by atoms with van der Waals surface area (Å²) in [7, 11) is 1.44. The van der Waals surface area contributed by atoms with Crippen molar-refractivity contribution in [2.45, 2.75) is 19.3 Å². The third kappa shape index (κ3) is 4.95. The SMILES string of the molecule is COCc1nocc1C(=O)NCc1ccncc1OCC(F)(F)F. The Bertz CT molecular complexity index is 688. The number of rotatable bonds is 7. The molecule has 1 N–H and O–H groups in total. The molecule has 0 saturated carbocycles. The van der Waals surface area contributed by atoms with Gasteiger partial charge in [-0.1, -0.05) is 5.16 Å². The Labute approximate surface area is 134 Å². The normalized spacial score (nSPS) is 11.3. The van der Waals surface area contributed by atoms with Crippen LogP contribution in [0.15, 0.2) is 29.2 Å². The molecule has 0 radical (unpaired) electrons. The van der Waals surface area contributed by atoms with E-state index in [4.69, 9.17) is 14.0 Å². The van der Waals surface area contributed by atoms with Gasteiger partial charge in [-0.25, -0.2) is 0 Å². The van der Waals surface area contributed by atoms with E-state index >= 15 is 0 Å². The van der Waals surface area contributed by atoms with Crippen LogP contribution in [0.4, 0.5) is 13.2 Å². The fourth-order valence-electron chi connectivity index (χ4n) is 1.80. The summed E-state index contributed by atoms with van der Waals surface area (Å²) < 4.78 is 51.0. The summed E-state index contributed by atoms with van der Waals surface area (Å²) in [4.78, 5) is 15.8. The zero-order chi connectivity index (χ0) is 17.6. The minimum absolute atomic E-state index is 0.0495. The van der Waals surface area contributed by atoms with Gasteiger partial charge in [-0.15, -0.1) is 0 Å². The lowest BCUT2D eigenvalue weighted by molar-refractivity contribution is -0.153. The number of pyridine rings is 1. The average molecular weight is 345 g/mol. The van der Waals surface area contributed by atoms with Crippen LogP contribution >= 0.6 is 0 Å². The van der Waals surface area contributed by atoms with E-state index in [0.717, 1.165) is 12.5 Å². The van der Waals surface area contributed by atoms with Gasteiger partial charge in [0.2, 0.25) is 0 Å². The highest BCUT2D eigenvalue weighted by Crippen LogP contribution is 2.21. The highest BCUT2D eigenvalue weighted by atomic mass is 19.4. The number of nitrogens with zero attached hydrogens (tertiary/aromatic N) is 2. The van der Waals surface area contributed by atoms with Gasteiger partial charge in [0.25, 0.3) is 5.91 Å². The molecular formula is C14H14F3N3O4. The van der Waals surface area contributed by atoms with E-state index in [1.54, 1.807) is 0 Å². The van der Waals surface area contributed by atoms with Gasteiger partial charge in [-0.2, -0.15) is 13.2 Å². The molecule has 24 heavy (non-hydrogen) atoms. The van der Waals surface area contributed by atoms with Crippen molar-refractivity contribution >= 4 is 5.91 Å². The van der Waals surface area contributed by atoms with Crippen molar-refractivity contribution < 1.29 is 32.0 Å². The molecule has 0 aliphatic heterocycles. The molecule has 0 spiro atoms. The molecular weight excluding hydrogens is 331 g/mol. The molecule has 10 heteroatoms. The molecule has 130 valence electrons. The van der Waals surface area contributed by atoms with Gasteiger partial charge in [0.05, 0.1) is 12.8 Å². The number of carbonyl (C=O) groups excluding carboxylic acids is 1. The Hall–Kier alpha value is -2.62. The van der Waals surface area contributed by atoms with Crippen molar-refractivity contribution in [3.8, 4) is 5.75 Å². The number of hydrogen-bond acceptors (Lipinski definition) is 6. The van der Waals surface area contributed by atoms with E-state index in [2.05, 4.69) is 15.5 Å². The van der Waals surface area contributed by atoms with Crippen LogP contribution in [0, 0.1) is 0 Å². The molecule has 2 heterocycles. The maximum Gasteiger partial charge on any atom is 0.422 e. The molecule has 0 saturated heterocycles. The van der Waals surface area contributed by atoms with Gasteiger partial charge in [0, 0.05) is 25.4 Å². The zero-order valence-electron chi connectivity index (χ0n) is 12.6. The van der Waals surface area contributed by atoms with Crippen molar-refractivity contribution in [3.63, 3.8) is 0 Å². The number of methoxy groups -OCH3 is 1. The number of ether oxygens (including phenoxy) is 2. The third-order valence-electron chi connectivity index (χ3n) is 2.87. The second kappa shape index (κ2) is 7.77. The number of nitrogens with one attached hydrogen (secondary N) is 1. The molecule has 0 atom stereocenters. The maximum atomic E-state index is 12.2. The molecule has 0 bridgehead atoms. The molecule has 0 unspecified atom stereocenters. The number of carbonyl (C=O) groups is 1. The fourth-order valence-corrected chi connectivity index (χ4v) is 1.80. The summed E-state index contributed by atoms with van der Waals surface area (Å²) in [5.74, 6) is -0.556. The summed E-state index contributed by atoms with van der Waals surface area (Å²) >= 11 is 0. The number of amides is 1. The predicted molar refractivity (Wildman–Crippen MR) is 74.2 cm³/mol. The van der Waals surface area contributed by atoms with Crippen LogP contribution in [0.2, 0.25) is 0 Å². The van der Waals surface area contributed by atoms with E-state index < -0.39 is 18.7 Å². The van der Waals surface area contributed by atoms with Gasteiger partial charge < -0.3 is 19.3 Å². The molecule has 0 fully saturated rings. The lowest BCUT2D eigenvalue weighted by atomic mass is 10.2. The van der Waals surface area contributed by atoms with Crippen LogP contribution in [0.1, 0.15) is 21.6 Å². The lowest BCUT2D eigenvalue weighted by Crippen LogP contribution is -2.25. The maximum absolute atomic E-state index is 12.2. The smallest absolute Gasteiger partial charge is 0.422 e. The van der Waals surface area contributed by atoms with Crippen molar-refractivity contribution in [1.82, 2.24) is 15.5 Å².